The lowest BCUT2D eigenvalue weighted by molar-refractivity contribution is -0.119. The number of nitrogens with one attached hydrogen (secondary N) is 2. The summed E-state index contributed by atoms with van der Waals surface area (Å²) in [5, 5.41) is 15.2. The predicted octanol–water partition coefficient (Wildman–Crippen LogP) is 2.36. The van der Waals surface area contributed by atoms with Crippen LogP contribution in [0.25, 0.3) is 0 Å². The van der Waals surface area contributed by atoms with Gasteiger partial charge in [-0.05, 0) is 43.5 Å². The molecule has 1 saturated heterocycles. The first-order valence-electron chi connectivity index (χ1n) is 6.55. The number of aromatic carboxylic acids is 1. The smallest absolute Gasteiger partial charge is 0.335 e. The van der Waals surface area contributed by atoms with Crippen LogP contribution in [0.15, 0.2) is 18.2 Å². The maximum Gasteiger partial charge on any atom is 0.335 e. The van der Waals surface area contributed by atoms with Gasteiger partial charge in [0.15, 0.2) is 0 Å². The standard InChI is InChI=1S/C14H17ClN2O3/c1-8-3-2-4-16-12(8)13(18)17-11-6-9(14(19)20)5-10(15)7-11/h5-8,12,16H,2-4H2,1H3,(H,17,18)(H,19,20). The number of benzene rings is 1. The lowest BCUT2D eigenvalue weighted by atomic mass is 9.92. The zero-order chi connectivity index (χ0) is 14.7. The molecule has 6 heteroatoms. The molecule has 0 radical (unpaired) electrons. The highest BCUT2D eigenvalue weighted by Gasteiger charge is 2.27. The Hall–Kier alpha value is -1.59. The third-order valence-corrected chi connectivity index (χ3v) is 3.68. The van der Waals surface area contributed by atoms with Crippen LogP contribution in [0.3, 0.4) is 0 Å². The van der Waals surface area contributed by atoms with E-state index in [4.69, 9.17) is 16.7 Å². The van der Waals surface area contributed by atoms with Crippen molar-refractivity contribution >= 4 is 29.2 Å². The van der Waals surface area contributed by atoms with Crippen molar-refractivity contribution in [3.8, 4) is 0 Å². The molecule has 0 saturated carbocycles. The third-order valence-electron chi connectivity index (χ3n) is 3.46. The average Bonchev–Trinajstić information content (AvgIpc) is 2.38. The molecule has 108 valence electrons. The number of halogens is 1. The molecule has 1 aliphatic rings. The Morgan fingerprint density at radius 2 is 2.15 bits per heavy atom. The SMILES string of the molecule is CC1CCCNC1C(=O)Nc1cc(Cl)cc(C(=O)O)c1. The molecule has 3 N–H and O–H groups in total. The van der Waals surface area contributed by atoms with Gasteiger partial charge in [0.25, 0.3) is 0 Å². The largest absolute Gasteiger partial charge is 0.478 e. The van der Waals surface area contributed by atoms with Gasteiger partial charge in [0.1, 0.15) is 0 Å². The molecule has 2 unspecified atom stereocenters. The summed E-state index contributed by atoms with van der Waals surface area (Å²) in [6.07, 6.45) is 2.06. The van der Waals surface area contributed by atoms with E-state index in [0.29, 0.717) is 5.69 Å². The number of carboxylic acid groups (broad SMARTS) is 1. The number of carbonyl (C=O) groups excluding carboxylic acids is 1. The Morgan fingerprint density at radius 1 is 1.40 bits per heavy atom. The van der Waals surface area contributed by atoms with Crippen LogP contribution in [0.5, 0.6) is 0 Å². The molecular weight excluding hydrogens is 280 g/mol. The maximum atomic E-state index is 12.2. The van der Waals surface area contributed by atoms with Crippen LogP contribution >= 0.6 is 11.6 Å². The van der Waals surface area contributed by atoms with E-state index in [-0.39, 0.29) is 28.5 Å². The van der Waals surface area contributed by atoms with Crippen molar-refractivity contribution in [1.82, 2.24) is 5.32 Å². The van der Waals surface area contributed by atoms with Crippen molar-refractivity contribution in [2.24, 2.45) is 5.92 Å². The normalized spacial score (nSPS) is 22.3. The summed E-state index contributed by atoms with van der Waals surface area (Å²) >= 11 is 5.86. The molecule has 0 aromatic heterocycles. The highest BCUT2D eigenvalue weighted by Crippen LogP contribution is 2.21. The Morgan fingerprint density at radius 3 is 2.80 bits per heavy atom. The number of rotatable bonds is 3. The van der Waals surface area contributed by atoms with Crippen molar-refractivity contribution in [3.63, 3.8) is 0 Å². The minimum atomic E-state index is -1.08. The molecule has 0 bridgehead atoms. The van der Waals surface area contributed by atoms with Crippen molar-refractivity contribution in [3.05, 3.63) is 28.8 Å². The molecule has 1 amide bonds. The van der Waals surface area contributed by atoms with Crippen LogP contribution in [0, 0.1) is 5.92 Å². The zero-order valence-corrected chi connectivity index (χ0v) is 11.9. The van der Waals surface area contributed by atoms with Gasteiger partial charge in [0.05, 0.1) is 11.6 Å². The number of anilines is 1. The van der Waals surface area contributed by atoms with Gasteiger partial charge >= 0.3 is 5.97 Å². The summed E-state index contributed by atoms with van der Waals surface area (Å²) in [5.41, 5.74) is 0.455. The number of hydrogen-bond donors (Lipinski definition) is 3. The van der Waals surface area contributed by atoms with Crippen LogP contribution in [0.1, 0.15) is 30.1 Å². The Bertz CT molecular complexity index is 533. The zero-order valence-electron chi connectivity index (χ0n) is 11.1. The van der Waals surface area contributed by atoms with Crippen molar-refractivity contribution in [1.29, 1.82) is 0 Å². The molecule has 20 heavy (non-hydrogen) atoms. The second kappa shape index (κ2) is 6.24. The molecule has 0 spiro atoms. The summed E-state index contributed by atoms with van der Waals surface area (Å²) < 4.78 is 0. The second-order valence-electron chi connectivity index (χ2n) is 5.07. The molecule has 2 atom stereocenters. The van der Waals surface area contributed by atoms with Gasteiger partial charge < -0.3 is 15.7 Å². The molecule has 1 aromatic carbocycles. The lowest BCUT2D eigenvalue weighted by Crippen LogP contribution is -2.48. The van der Waals surface area contributed by atoms with E-state index in [1.165, 1.54) is 12.1 Å². The predicted molar refractivity (Wildman–Crippen MR) is 77.2 cm³/mol. The monoisotopic (exact) mass is 296 g/mol. The number of carboxylic acids is 1. The highest BCUT2D eigenvalue weighted by atomic mass is 35.5. The fourth-order valence-corrected chi connectivity index (χ4v) is 2.64. The molecule has 1 aliphatic heterocycles. The van der Waals surface area contributed by atoms with Gasteiger partial charge in [-0.25, -0.2) is 4.79 Å². The Labute approximate surface area is 122 Å². The molecule has 1 aromatic rings. The van der Waals surface area contributed by atoms with Gasteiger partial charge in [0, 0.05) is 10.7 Å². The number of carbonyl (C=O) groups is 2. The summed E-state index contributed by atoms with van der Waals surface area (Å²) in [4.78, 5) is 23.2. The van der Waals surface area contributed by atoms with Crippen LogP contribution in [-0.2, 0) is 4.79 Å². The molecule has 1 fully saturated rings. The lowest BCUT2D eigenvalue weighted by Gasteiger charge is -2.29. The Balaban J connectivity index is 2.13. The maximum absolute atomic E-state index is 12.2. The van der Waals surface area contributed by atoms with E-state index in [2.05, 4.69) is 10.6 Å². The second-order valence-corrected chi connectivity index (χ2v) is 5.51. The number of amides is 1. The third kappa shape index (κ3) is 3.49. The number of piperidine rings is 1. The first kappa shape index (κ1) is 14.8. The van der Waals surface area contributed by atoms with E-state index in [1.54, 1.807) is 6.07 Å². The van der Waals surface area contributed by atoms with E-state index >= 15 is 0 Å². The van der Waals surface area contributed by atoms with Gasteiger partial charge in [-0.3, -0.25) is 4.79 Å². The van der Waals surface area contributed by atoms with E-state index < -0.39 is 5.97 Å². The fraction of sp³-hybridized carbons (Fsp3) is 0.429. The molecular formula is C14H17ClN2O3. The van der Waals surface area contributed by atoms with Gasteiger partial charge in [-0.1, -0.05) is 18.5 Å². The van der Waals surface area contributed by atoms with Gasteiger partial charge in [-0.2, -0.15) is 0 Å². The van der Waals surface area contributed by atoms with Gasteiger partial charge in [-0.15, -0.1) is 0 Å². The minimum Gasteiger partial charge on any atom is -0.478 e. The van der Waals surface area contributed by atoms with Crippen LogP contribution in [0.2, 0.25) is 5.02 Å². The summed E-state index contributed by atoms with van der Waals surface area (Å²) in [7, 11) is 0. The molecule has 0 aliphatic carbocycles. The first-order valence-corrected chi connectivity index (χ1v) is 6.93. The summed E-state index contributed by atoms with van der Waals surface area (Å²) in [6.45, 7) is 2.84. The first-order chi connectivity index (χ1) is 9.47. The highest BCUT2D eigenvalue weighted by molar-refractivity contribution is 6.31. The van der Waals surface area contributed by atoms with E-state index in [0.717, 1.165) is 19.4 Å². The summed E-state index contributed by atoms with van der Waals surface area (Å²) in [6, 6.07) is 4.04. The van der Waals surface area contributed by atoms with Gasteiger partial charge in [0.2, 0.25) is 5.91 Å². The van der Waals surface area contributed by atoms with Crippen LogP contribution in [0.4, 0.5) is 5.69 Å². The fourth-order valence-electron chi connectivity index (χ4n) is 2.41. The minimum absolute atomic E-state index is 0.0532. The molecule has 5 nitrogen and oxygen atoms in total. The molecule has 1 heterocycles. The topological polar surface area (TPSA) is 78.4 Å². The van der Waals surface area contributed by atoms with Crippen LogP contribution < -0.4 is 10.6 Å². The quantitative estimate of drug-likeness (QED) is 0.800. The van der Waals surface area contributed by atoms with E-state index in [9.17, 15) is 9.59 Å². The average molecular weight is 297 g/mol. The Kier molecular flexibility index (Phi) is 4.62. The molecule has 2 rings (SSSR count). The van der Waals surface area contributed by atoms with Crippen molar-refractivity contribution in [2.45, 2.75) is 25.8 Å². The van der Waals surface area contributed by atoms with Crippen molar-refractivity contribution < 1.29 is 14.7 Å². The van der Waals surface area contributed by atoms with Crippen LogP contribution in [-0.4, -0.2) is 29.6 Å². The van der Waals surface area contributed by atoms with Crippen molar-refractivity contribution in [2.75, 3.05) is 11.9 Å². The number of hydrogen-bond acceptors (Lipinski definition) is 3. The van der Waals surface area contributed by atoms with E-state index in [1.807, 2.05) is 6.92 Å². The summed E-state index contributed by atoms with van der Waals surface area (Å²) in [5.74, 6) is -0.982.